The molecule has 3 aromatic carbocycles. The molecule has 3 heterocycles. The van der Waals surface area contributed by atoms with Crippen molar-refractivity contribution in [3.05, 3.63) is 100 Å². The Bertz CT molecular complexity index is 2000. The number of rotatable bonds is 4. The molecule has 0 spiro atoms. The van der Waals surface area contributed by atoms with Gasteiger partial charge in [-0.15, -0.1) is 0 Å². The number of aromatic amines is 1. The molecular weight excluding hydrogens is 480 g/mol. The summed E-state index contributed by atoms with van der Waals surface area (Å²) in [6.45, 7) is 1.94. The second kappa shape index (κ2) is 8.67. The molecule has 0 aliphatic rings. The number of para-hydroxylation sites is 1. The molecule has 0 unspecified atom stereocenters. The highest BCUT2D eigenvalue weighted by molar-refractivity contribution is 6.20. The number of hydrogen-bond donors (Lipinski definition) is 3. The second-order valence-electron chi connectivity index (χ2n) is 8.98. The minimum Gasteiger partial charge on any atom is -0.366 e. The van der Waals surface area contributed by atoms with Crippen molar-refractivity contribution in [1.29, 1.82) is 0 Å². The lowest BCUT2D eigenvalue weighted by Crippen LogP contribution is -2.19. The first-order chi connectivity index (χ1) is 18.4. The van der Waals surface area contributed by atoms with E-state index in [0.29, 0.717) is 33.2 Å². The van der Waals surface area contributed by atoms with Gasteiger partial charge in [-0.2, -0.15) is 0 Å². The number of carbonyl (C=O) groups is 2. The summed E-state index contributed by atoms with van der Waals surface area (Å²) in [5, 5.41) is 4.57. The van der Waals surface area contributed by atoms with Gasteiger partial charge in [-0.25, -0.2) is 9.97 Å². The average Bonchev–Trinajstić information content (AvgIpc) is 3.32. The summed E-state index contributed by atoms with van der Waals surface area (Å²) in [6, 6.07) is 18.1. The van der Waals surface area contributed by atoms with Crippen molar-refractivity contribution in [1.82, 2.24) is 24.8 Å². The molecule has 0 saturated carbocycles. The Hall–Kier alpha value is -5.31. The molecule has 0 aliphatic heterocycles. The maximum Gasteiger partial charge on any atom is 0.269 e. The molecule has 0 aliphatic carbocycles. The minimum absolute atomic E-state index is 0.168. The van der Waals surface area contributed by atoms with Crippen LogP contribution < -0.4 is 16.6 Å². The molecule has 6 aromatic rings. The normalized spacial score (nSPS) is 11.3. The number of nitrogens with zero attached hydrogens (tertiary/aromatic N) is 3. The molecule has 0 radical (unpaired) electrons. The fraction of sp³-hybridized carbons (Fsp3) is 0.0690. The Balaban J connectivity index is 1.65. The van der Waals surface area contributed by atoms with Gasteiger partial charge in [0, 0.05) is 17.8 Å². The third-order valence-corrected chi connectivity index (χ3v) is 6.88. The molecule has 3 aromatic heterocycles. The highest BCUT2D eigenvalue weighted by Crippen LogP contribution is 2.38. The molecule has 4 N–H and O–H groups in total. The quantitative estimate of drug-likeness (QED) is 0.336. The number of H-pyrrole nitrogens is 1. The summed E-state index contributed by atoms with van der Waals surface area (Å²) in [5.74, 6) is -0.901. The largest absolute Gasteiger partial charge is 0.366 e. The van der Waals surface area contributed by atoms with Crippen LogP contribution >= 0.6 is 0 Å². The number of aromatic nitrogens is 4. The maximum absolute atomic E-state index is 13.3. The number of nitrogens with two attached hydrogens (primary N) is 1. The highest BCUT2D eigenvalue weighted by atomic mass is 16.2. The summed E-state index contributed by atoms with van der Waals surface area (Å²) in [4.78, 5) is 49.9. The number of benzene rings is 3. The van der Waals surface area contributed by atoms with Gasteiger partial charge in [0.25, 0.3) is 17.4 Å². The summed E-state index contributed by atoms with van der Waals surface area (Å²) >= 11 is 0. The van der Waals surface area contributed by atoms with E-state index >= 15 is 0 Å². The fourth-order valence-electron chi connectivity index (χ4n) is 5.01. The Morgan fingerprint density at radius 3 is 2.58 bits per heavy atom. The van der Waals surface area contributed by atoms with Gasteiger partial charge in [0.2, 0.25) is 0 Å². The number of primary amides is 1. The van der Waals surface area contributed by atoms with Gasteiger partial charge < -0.3 is 16.0 Å². The number of carbonyl (C=O) groups excluding carboxylic acids is 2. The van der Waals surface area contributed by atoms with Gasteiger partial charge in [-0.3, -0.25) is 19.0 Å². The van der Waals surface area contributed by atoms with E-state index in [4.69, 9.17) is 5.73 Å². The predicted octanol–water partition coefficient (Wildman–Crippen LogP) is 3.85. The van der Waals surface area contributed by atoms with E-state index < -0.39 is 5.91 Å². The van der Waals surface area contributed by atoms with E-state index in [9.17, 15) is 14.4 Å². The summed E-state index contributed by atoms with van der Waals surface area (Å²) < 4.78 is 1.54. The van der Waals surface area contributed by atoms with E-state index in [0.717, 1.165) is 27.5 Å². The van der Waals surface area contributed by atoms with E-state index in [1.807, 2.05) is 43.3 Å². The maximum atomic E-state index is 13.3. The van der Waals surface area contributed by atoms with Crippen LogP contribution in [0, 0.1) is 6.92 Å². The third-order valence-electron chi connectivity index (χ3n) is 6.88. The number of nitrogens with one attached hydrogen (secondary N) is 2. The summed E-state index contributed by atoms with van der Waals surface area (Å²) in [6.07, 6.45) is 3.10. The first-order valence-corrected chi connectivity index (χ1v) is 11.9. The van der Waals surface area contributed by atoms with Gasteiger partial charge in [-0.05, 0) is 53.9 Å². The van der Waals surface area contributed by atoms with Crippen LogP contribution in [0.2, 0.25) is 0 Å². The van der Waals surface area contributed by atoms with Crippen molar-refractivity contribution in [3.63, 3.8) is 0 Å². The number of hydrogen-bond acceptors (Lipinski definition) is 5. The Labute approximate surface area is 216 Å². The Morgan fingerprint density at radius 1 is 0.974 bits per heavy atom. The highest BCUT2D eigenvalue weighted by Gasteiger charge is 2.20. The van der Waals surface area contributed by atoms with Crippen LogP contribution in [-0.2, 0) is 0 Å². The summed E-state index contributed by atoms with van der Waals surface area (Å²) in [7, 11) is 1.54. The SMILES string of the molecule is CNC(=O)c1cc2c(cn1)[nH]c1c(C(N)=O)ccc(-c3cccc(-n4cnc5ccccc5c4=O)c3C)c12. The van der Waals surface area contributed by atoms with Crippen LogP contribution in [0.4, 0.5) is 0 Å². The lowest BCUT2D eigenvalue weighted by atomic mass is 9.93. The Morgan fingerprint density at radius 2 is 1.79 bits per heavy atom. The standard InChI is InChI=1S/C29H22N6O3/c1-15-16(7-5-9-24(15)35-14-33-21-8-4-3-6-18(21)29(35)38)17-10-11-19(27(30)36)26-25(17)20-12-22(28(37)31-2)32-13-23(20)34-26/h3-14,34H,1-2H3,(H2,30,36)(H,31,37). The smallest absolute Gasteiger partial charge is 0.269 e. The number of amides is 2. The van der Waals surface area contributed by atoms with Gasteiger partial charge in [0.15, 0.2) is 0 Å². The van der Waals surface area contributed by atoms with Gasteiger partial charge in [-0.1, -0.05) is 30.3 Å². The van der Waals surface area contributed by atoms with Crippen molar-refractivity contribution in [2.45, 2.75) is 6.92 Å². The van der Waals surface area contributed by atoms with Gasteiger partial charge >= 0.3 is 0 Å². The number of fused-ring (bicyclic) bond motifs is 4. The van der Waals surface area contributed by atoms with Crippen molar-refractivity contribution in [2.75, 3.05) is 7.05 Å². The van der Waals surface area contributed by atoms with Crippen LogP contribution in [0.3, 0.4) is 0 Å². The molecule has 0 atom stereocenters. The van der Waals surface area contributed by atoms with Crippen LogP contribution in [-0.4, -0.2) is 38.4 Å². The molecule has 38 heavy (non-hydrogen) atoms. The molecule has 186 valence electrons. The van der Waals surface area contributed by atoms with Gasteiger partial charge in [0.1, 0.15) is 12.0 Å². The molecule has 6 rings (SSSR count). The monoisotopic (exact) mass is 502 g/mol. The fourth-order valence-corrected chi connectivity index (χ4v) is 5.01. The zero-order valence-electron chi connectivity index (χ0n) is 20.6. The van der Waals surface area contributed by atoms with Crippen molar-refractivity contribution in [2.24, 2.45) is 5.73 Å². The molecule has 0 bridgehead atoms. The number of pyridine rings is 1. The van der Waals surface area contributed by atoms with E-state index in [1.54, 1.807) is 42.1 Å². The zero-order chi connectivity index (χ0) is 26.6. The lowest BCUT2D eigenvalue weighted by Gasteiger charge is -2.15. The van der Waals surface area contributed by atoms with E-state index in [2.05, 4.69) is 20.3 Å². The molecule has 9 nitrogen and oxygen atoms in total. The van der Waals surface area contributed by atoms with Crippen LogP contribution in [0.5, 0.6) is 0 Å². The molecule has 0 fully saturated rings. The van der Waals surface area contributed by atoms with Crippen molar-refractivity contribution < 1.29 is 9.59 Å². The zero-order valence-corrected chi connectivity index (χ0v) is 20.6. The Kier molecular flexibility index (Phi) is 5.27. The molecule has 0 saturated heterocycles. The molecule has 2 amide bonds. The van der Waals surface area contributed by atoms with Crippen LogP contribution in [0.25, 0.3) is 49.5 Å². The van der Waals surface area contributed by atoms with Crippen molar-refractivity contribution >= 4 is 44.5 Å². The van der Waals surface area contributed by atoms with Gasteiger partial charge in [0.05, 0.1) is 39.4 Å². The molecular formula is C29H22N6O3. The lowest BCUT2D eigenvalue weighted by molar-refractivity contribution is 0.0957. The predicted molar refractivity (Wildman–Crippen MR) is 147 cm³/mol. The van der Waals surface area contributed by atoms with Crippen LogP contribution in [0.15, 0.2) is 78.0 Å². The van der Waals surface area contributed by atoms with E-state index in [1.165, 1.54) is 6.33 Å². The van der Waals surface area contributed by atoms with Crippen molar-refractivity contribution in [3.8, 4) is 16.8 Å². The third kappa shape index (κ3) is 3.44. The minimum atomic E-state index is -0.577. The first-order valence-electron chi connectivity index (χ1n) is 11.9. The average molecular weight is 503 g/mol. The van der Waals surface area contributed by atoms with E-state index in [-0.39, 0.29) is 17.2 Å². The second-order valence-corrected chi connectivity index (χ2v) is 8.98. The summed E-state index contributed by atoms with van der Waals surface area (Å²) in [5.41, 5.74) is 11.1. The van der Waals surface area contributed by atoms with Crippen LogP contribution in [0.1, 0.15) is 26.4 Å². The molecule has 9 heteroatoms. The topological polar surface area (TPSA) is 136 Å². The first kappa shape index (κ1) is 23.1.